The zero-order valence-electron chi connectivity index (χ0n) is 30.0. The summed E-state index contributed by atoms with van der Waals surface area (Å²) in [6, 6.07) is 37.1. The van der Waals surface area contributed by atoms with E-state index in [0.29, 0.717) is 5.75 Å². The highest BCUT2D eigenvalue weighted by molar-refractivity contribution is 5.62. The average molecular weight is 683 g/mol. The Balaban J connectivity index is 1.04. The van der Waals surface area contributed by atoms with Crippen LogP contribution in [0.5, 0.6) is 11.5 Å². The van der Waals surface area contributed by atoms with Gasteiger partial charge in [0.25, 0.3) is 0 Å². The number of nitrogens with zero attached hydrogens (tertiary/aromatic N) is 2. The highest BCUT2D eigenvalue weighted by Crippen LogP contribution is 2.66. The molecule has 5 heteroatoms. The lowest BCUT2D eigenvalue weighted by molar-refractivity contribution is -0.201. The molecule has 2 saturated carbocycles. The average Bonchev–Trinajstić information content (AvgIpc) is 3.91. The van der Waals surface area contributed by atoms with Crippen LogP contribution in [0.4, 0.5) is 0 Å². The van der Waals surface area contributed by atoms with Crippen molar-refractivity contribution in [3.8, 4) is 11.5 Å². The lowest BCUT2D eigenvalue weighted by Gasteiger charge is -2.65. The predicted molar refractivity (Wildman–Crippen MR) is 203 cm³/mol. The Morgan fingerprint density at radius 2 is 1.47 bits per heavy atom. The summed E-state index contributed by atoms with van der Waals surface area (Å²) in [5.74, 6) is 1.88. The monoisotopic (exact) mass is 682 g/mol. The molecule has 2 heterocycles. The molecule has 3 aliphatic carbocycles. The van der Waals surface area contributed by atoms with Gasteiger partial charge in [0, 0.05) is 36.7 Å². The number of ether oxygens (including phenoxy) is 1. The molecule has 51 heavy (non-hydrogen) atoms. The number of aryl methyl sites for hydroxylation is 1. The molecule has 2 aliphatic heterocycles. The van der Waals surface area contributed by atoms with E-state index in [1.165, 1.54) is 54.4 Å². The topological polar surface area (TPSA) is 56.2 Å². The molecule has 4 aromatic rings. The van der Waals surface area contributed by atoms with Crippen LogP contribution in [0, 0.1) is 5.92 Å². The molecule has 2 unspecified atom stereocenters. The zero-order valence-corrected chi connectivity index (χ0v) is 30.0. The molecule has 2 N–H and O–H groups in total. The third-order valence-corrected chi connectivity index (χ3v) is 13.5. The highest BCUT2D eigenvalue weighted by atomic mass is 16.5. The lowest BCUT2D eigenvalue weighted by atomic mass is 9.48. The van der Waals surface area contributed by atoms with Crippen molar-refractivity contribution in [3.63, 3.8) is 0 Å². The summed E-state index contributed by atoms with van der Waals surface area (Å²) in [6.07, 6.45) is 11.7. The number of likely N-dealkylation sites (tertiary alicyclic amines) is 1. The van der Waals surface area contributed by atoms with Crippen molar-refractivity contribution in [3.05, 3.63) is 131 Å². The molecule has 266 valence electrons. The zero-order chi connectivity index (χ0) is 34.4. The van der Waals surface area contributed by atoms with Crippen LogP contribution in [0.15, 0.2) is 103 Å². The smallest absolute Gasteiger partial charge is 0.165 e. The number of unbranched alkanes of at least 4 members (excludes halogenated alkanes) is 3. The van der Waals surface area contributed by atoms with Gasteiger partial charge < -0.3 is 14.9 Å². The first-order valence-corrected chi connectivity index (χ1v) is 19.9. The first-order valence-electron chi connectivity index (χ1n) is 19.9. The van der Waals surface area contributed by atoms with E-state index in [4.69, 9.17) is 4.74 Å². The van der Waals surface area contributed by atoms with Crippen molar-refractivity contribution < 1.29 is 14.9 Å². The van der Waals surface area contributed by atoms with Gasteiger partial charge in [-0.15, -0.1) is 0 Å². The number of hydrogen-bond donors (Lipinski definition) is 2. The standard InChI is InChI=1S/C46H54N2O3/c49-40-24-23-37-30-41-46(50)26-25-39(44-45(46,42(37)43(40)51-44)27-29-48(41)31-34-21-22-34)47(28-13-2-1-6-14-33-15-7-3-8-16-33)32-38(35-17-9-4-10-18-35)36-19-11-5-12-20-36/h3-5,7-12,15-20,23-24,34,38-39,41,44,49-50H,1-2,6,13-14,21-22,25-32H2/t39?,41-,44?,45+,46-/m1/s1. The van der Waals surface area contributed by atoms with Gasteiger partial charge in [-0.05, 0) is 105 Å². The van der Waals surface area contributed by atoms with E-state index in [0.717, 1.165) is 76.2 Å². The summed E-state index contributed by atoms with van der Waals surface area (Å²) < 4.78 is 7.11. The van der Waals surface area contributed by atoms with Crippen LogP contribution in [-0.4, -0.2) is 70.0 Å². The summed E-state index contributed by atoms with van der Waals surface area (Å²) in [6.45, 7) is 3.98. The molecule has 5 nitrogen and oxygen atoms in total. The quantitative estimate of drug-likeness (QED) is 0.131. The predicted octanol–water partition coefficient (Wildman–Crippen LogP) is 8.26. The first kappa shape index (κ1) is 33.2. The van der Waals surface area contributed by atoms with E-state index in [1.54, 1.807) is 0 Å². The number of benzene rings is 4. The van der Waals surface area contributed by atoms with Gasteiger partial charge in [0.15, 0.2) is 11.5 Å². The third-order valence-electron chi connectivity index (χ3n) is 13.5. The molecule has 0 amide bonds. The fraction of sp³-hybridized carbons (Fsp3) is 0.478. The molecule has 4 aromatic carbocycles. The van der Waals surface area contributed by atoms with Crippen LogP contribution in [0.3, 0.4) is 0 Å². The van der Waals surface area contributed by atoms with Crippen molar-refractivity contribution in [1.82, 2.24) is 9.80 Å². The Kier molecular flexibility index (Phi) is 8.94. The Labute approximate surface area is 304 Å². The number of phenolic OH excluding ortho intramolecular Hbond substituents is 1. The second kappa shape index (κ2) is 13.7. The molecule has 2 bridgehead atoms. The third kappa shape index (κ3) is 5.90. The summed E-state index contributed by atoms with van der Waals surface area (Å²) in [5, 5.41) is 24.5. The van der Waals surface area contributed by atoms with E-state index in [2.05, 4.69) is 107 Å². The van der Waals surface area contributed by atoms with Gasteiger partial charge in [-0.2, -0.15) is 0 Å². The van der Waals surface area contributed by atoms with Gasteiger partial charge in [0.2, 0.25) is 0 Å². The summed E-state index contributed by atoms with van der Waals surface area (Å²) >= 11 is 0. The minimum absolute atomic E-state index is 0.0985. The number of phenols is 1. The molecule has 5 atom stereocenters. The largest absolute Gasteiger partial charge is 0.504 e. The number of piperidine rings is 1. The molecule has 0 aromatic heterocycles. The number of hydrogen-bond acceptors (Lipinski definition) is 5. The highest BCUT2D eigenvalue weighted by Gasteiger charge is 2.73. The Morgan fingerprint density at radius 1 is 0.784 bits per heavy atom. The molecule has 1 saturated heterocycles. The number of rotatable bonds is 14. The fourth-order valence-corrected chi connectivity index (χ4v) is 10.9. The normalized spacial score (nSPS) is 27.8. The lowest BCUT2D eigenvalue weighted by Crippen LogP contribution is -2.78. The fourth-order valence-electron chi connectivity index (χ4n) is 10.9. The van der Waals surface area contributed by atoms with Crippen LogP contribution in [0.25, 0.3) is 0 Å². The Hall–Kier alpha value is -3.64. The van der Waals surface area contributed by atoms with Crippen molar-refractivity contribution in [2.75, 3.05) is 26.2 Å². The molecule has 9 rings (SSSR count). The van der Waals surface area contributed by atoms with Crippen molar-refractivity contribution in [2.45, 2.75) is 106 Å². The maximum atomic E-state index is 13.2. The van der Waals surface area contributed by atoms with E-state index >= 15 is 0 Å². The minimum atomic E-state index is -0.866. The SMILES string of the molecule is Oc1ccc2c3c1OC1C(N(CCCCCCc4ccccc4)CC(c4ccccc4)c4ccccc4)CC[C@@]4(O)[C@@H](C2)N(CC2CC2)CC[C@]314. The second-order valence-corrected chi connectivity index (χ2v) is 16.4. The van der Waals surface area contributed by atoms with Crippen LogP contribution in [-0.2, 0) is 18.3 Å². The molecule has 5 aliphatic rings. The van der Waals surface area contributed by atoms with Gasteiger partial charge in [0.1, 0.15) is 6.10 Å². The van der Waals surface area contributed by atoms with Gasteiger partial charge in [-0.3, -0.25) is 9.80 Å². The van der Waals surface area contributed by atoms with E-state index < -0.39 is 11.0 Å². The van der Waals surface area contributed by atoms with Crippen LogP contribution >= 0.6 is 0 Å². The van der Waals surface area contributed by atoms with E-state index in [1.807, 2.05) is 6.07 Å². The molecule has 3 fully saturated rings. The van der Waals surface area contributed by atoms with Gasteiger partial charge in [0.05, 0.1) is 11.0 Å². The summed E-state index contributed by atoms with van der Waals surface area (Å²) in [5.41, 5.74) is 5.13. The van der Waals surface area contributed by atoms with Crippen LogP contribution in [0.1, 0.15) is 91.5 Å². The van der Waals surface area contributed by atoms with Crippen LogP contribution < -0.4 is 4.74 Å². The Bertz CT molecular complexity index is 1760. The Morgan fingerprint density at radius 3 is 2.18 bits per heavy atom. The molecular formula is C46H54N2O3. The maximum Gasteiger partial charge on any atom is 0.165 e. The maximum absolute atomic E-state index is 13.2. The van der Waals surface area contributed by atoms with Crippen molar-refractivity contribution >= 4 is 0 Å². The first-order chi connectivity index (χ1) is 25.0. The number of aliphatic hydroxyl groups is 1. The van der Waals surface area contributed by atoms with Gasteiger partial charge in [-0.1, -0.05) is 110 Å². The van der Waals surface area contributed by atoms with Crippen LogP contribution in [0.2, 0.25) is 0 Å². The molecular weight excluding hydrogens is 629 g/mol. The molecule has 1 spiro atoms. The second-order valence-electron chi connectivity index (χ2n) is 16.4. The van der Waals surface area contributed by atoms with E-state index in [-0.39, 0.29) is 29.9 Å². The van der Waals surface area contributed by atoms with Gasteiger partial charge >= 0.3 is 0 Å². The molecule has 0 radical (unpaired) electrons. The van der Waals surface area contributed by atoms with E-state index in [9.17, 15) is 10.2 Å². The van der Waals surface area contributed by atoms with Crippen molar-refractivity contribution in [1.29, 1.82) is 0 Å². The minimum Gasteiger partial charge on any atom is -0.504 e. The van der Waals surface area contributed by atoms with Gasteiger partial charge in [-0.25, -0.2) is 0 Å². The van der Waals surface area contributed by atoms with Crippen molar-refractivity contribution in [2.24, 2.45) is 5.92 Å². The summed E-state index contributed by atoms with van der Waals surface area (Å²) in [7, 11) is 0. The summed E-state index contributed by atoms with van der Waals surface area (Å²) in [4.78, 5) is 5.39. The number of aromatic hydroxyl groups is 1.